The average molecular weight is 328 g/mol. The summed E-state index contributed by atoms with van der Waals surface area (Å²) in [4.78, 5) is 25.0. The molecule has 0 aliphatic carbocycles. The van der Waals surface area contributed by atoms with Crippen molar-refractivity contribution >= 4 is 11.9 Å². The van der Waals surface area contributed by atoms with E-state index in [1.807, 2.05) is 31.2 Å². The fourth-order valence-electron chi connectivity index (χ4n) is 2.93. The van der Waals surface area contributed by atoms with Gasteiger partial charge in [0.2, 0.25) is 0 Å². The second-order valence-corrected chi connectivity index (χ2v) is 6.22. The minimum absolute atomic E-state index is 0.148. The smallest absolute Gasteiger partial charge is 0.303 e. The third-order valence-corrected chi connectivity index (χ3v) is 4.38. The molecule has 2 aromatic rings. The molecule has 0 radical (unpaired) electrons. The molecule has 0 unspecified atom stereocenters. The first-order chi connectivity index (χ1) is 11.5. The summed E-state index contributed by atoms with van der Waals surface area (Å²) in [7, 11) is 0. The van der Waals surface area contributed by atoms with E-state index in [4.69, 9.17) is 5.11 Å². The van der Waals surface area contributed by atoms with Crippen molar-refractivity contribution in [3.8, 4) is 5.69 Å². The Bertz CT molecular complexity index is 731. The van der Waals surface area contributed by atoms with Crippen LogP contribution in [-0.4, -0.2) is 50.0 Å². The molecule has 3 rings (SSSR count). The lowest BCUT2D eigenvalue weighted by Crippen LogP contribution is -2.39. The quantitative estimate of drug-likeness (QED) is 0.926. The maximum atomic E-state index is 12.5. The largest absolute Gasteiger partial charge is 0.481 e. The first-order valence-corrected chi connectivity index (χ1v) is 8.03. The van der Waals surface area contributed by atoms with Gasteiger partial charge in [-0.25, -0.2) is 4.68 Å². The maximum absolute atomic E-state index is 12.5. The van der Waals surface area contributed by atoms with Gasteiger partial charge in [0.15, 0.2) is 5.69 Å². The highest BCUT2D eigenvalue weighted by molar-refractivity contribution is 5.92. The van der Waals surface area contributed by atoms with Crippen molar-refractivity contribution in [2.75, 3.05) is 13.1 Å². The minimum Gasteiger partial charge on any atom is -0.481 e. The highest BCUT2D eigenvalue weighted by Crippen LogP contribution is 2.21. The molecule has 1 aromatic carbocycles. The number of hydrogen-bond acceptors (Lipinski definition) is 4. The first-order valence-electron chi connectivity index (χ1n) is 8.03. The first kappa shape index (κ1) is 16.2. The molecule has 7 nitrogen and oxygen atoms in total. The van der Waals surface area contributed by atoms with Gasteiger partial charge in [-0.3, -0.25) is 9.59 Å². The molecule has 0 saturated carbocycles. The Balaban J connectivity index is 1.64. The van der Waals surface area contributed by atoms with Crippen molar-refractivity contribution in [2.45, 2.75) is 26.2 Å². The molecule has 0 atom stereocenters. The molecular formula is C17H20N4O3. The van der Waals surface area contributed by atoms with Crippen LogP contribution in [0.1, 0.15) is 35.3 Å². The van der Waals surface area contributed by atoms with Crippen LogP contribution < -0.4 is 0 Å². The average Bonchev–Trinajstić information content (AvgIpc) is 3.05. The monoisotopic (exact) mass is 328 g/mol. The van der Waals surface area contributed by atoms with E-state index in [1.165, 1.54) is 0 Å². The van der Waals surface area contributed by atoms with E-state index in [2.05, 4.69) is 10.3 Å². The molecule has 24 heavy (non-hydrogen) atoms. The molecule has 1 aliphatic rings. The van der Waals surface area contributed by atoms with Gasteiger partial charge in [-0.15, -0.1) is 5.10 Å². The molecule has 0 bridgehead atoms. The fraction of sp³-hybridized carbons (Fsp3) is 0.412. The summed E-state index contributed by atoms with van der Waals surface area (Å²) in [5, 5.41) is 16.9. The molecule has 1 aromatic heterocycles. The van der Waals surface area contributed by atoms with Crippen LogP contribution in [0.3, 0.4) is 0 Å². The van der Waals surface area contributed by atoms with Crippen molar-refractivity contribution in [1.82, 2.24) is 19.9 Å². The highest BCUT2D eigenvalue weighted by Gasteiger charge is 2.26. The van der Waals surface area contributed by atoms with Crippen LogP contribution in [0.25, 0.3) is 5.69 Å². The molecule has 2 heterocycles. The number of rotatable bonds is 4. The van der Waals surface area contributed by atoms with E-state index < -0.39 is 5.97 Å². The van der Waals surface area contributed by atoms with Crippen LogP contribution in [0.15, 0.2) is 30.5 Å². The van der Waals surface area contributed by atoms with Crippen LogP contribution in [0.5, 0.6) is 0 Å². The second-order valence-electron chi connectivity index (χ2n) is 6.22. The zero-order chi connectivity index (χ0) is 17.1. The van der Waals surface area contributed by atoms with Crippen molar-refractivity contribution in [2.24, 2.45) is 5.92 Å². The Morgan fingerprint density at radius 1 is 1.21 bits per heavy atom. The van der Waals surface area contributed by atoms with Crippen LogP contribution in [0.4, 0.5) is 0 Å². The Morgan fingerprint density at radius 3 is 2.50 bits per heavy atom. The van der Waals surface area contributed by atoms with Gasteiger partial charge in [0.25, 0.3) is 5.91 Å². The number of carboxylic acids is 1. The number of aryl methyl sites for hydroxylation is 1. The fourth-order valence-corrected chi connectivity index (χ4v) is 2.93. The standard InChI is InChI=1S/C17H20N4O3/c1-12-2-4-14(5-3-12)21-11-15(18-19-21)17(24)20-8-6-13(7-9-20)10-16(22)23/h2-5,11,13H,6-10H2,1H3,(H,22,23). The lowest BCUT2D eigenvalue weighted by atomic mass is 9.93. The van der Waals surface area contributed by atoms with Crippen molar-refractivity contribution in [1.29, 1.82) is 0 Å². The lowest BCUT2D eigenvalue weighted by molar-refractivity contribution is -0.138. The van der Waals surface area contributed by atoms with Gasteiger partial charge >= 0.3 is 5.97 Å². The maximum Gasteiger partial charge on any atom is 0.303 e. The Morgan fingerprint density at radius 2 is 1.88 bits per heavy atom. The SMILES string of the molecule is Cc1ccc(-n2cc(C(=O)N3CCC(CC(=O)O)CC3)nn2)cc1. The van der Waals surface area contributed by atoms with Crippen LogP contribution in [0.2, 0.25) is 0 Å². The number of aliphatic carboxylic acids is 1. The van der Waals surface area contributed by atoms with Crippen molar-refractivity contribution in [3.63, 3.8) is 0 Å². The van der Waals surface area contributed by atoms with Gasteiger partial charge in [0.05, 0.1) is 11.9 Å². The van der Waals surface area contributed by atoms with E-state index in [9.17, 15) is 9.59 Å². The van der Waals surface area contributed by atoms with Gasteiger partial charge < -0.3 is 10.0 Å². The van der Waals surface area contributed by atoms with Crippen molar-refractivity contribution in [3.05, 3.63) is 41.7 Å². The third-order valence-electron chi connectivity index (χ3n) is 4.38. The summed E-state index contributed by atoms with van der Waals surface area (Å²) >= 11 is 0. The highest BCUT2D eigenvalue weighted by atomic mass is 16.4. The molecule has 126 valence electrons. The van der Waals surface area contributed by atoms with Gasteiger partial charge in [-0.2, -0.15) is 0 Å². The van der Waals surface area contributed by atoms with Crippen LogP contribution in [-0.2, 0) is 4.79 Å². The molecule has 0 spiro atoms. The molecule has 1 aliphatic heterocycles. The number of hydrogen-bond donors (Lipinski definition) is 1. The number of benzene rings is 1. The van der Waals surface area contributed by atoms with Crippen LogP contribution >= 0.6 is 0 Å². The molecule has 1 amide bonds. The van der Waals surface area contributed by atoms with E-state index in [-0.39, 0.29) is 18.2 Å². The Kier molecular flexibility index (Phi) is 4.59. The zero-order valence-corrected chi connectivity index (χ0v) is 13.6. The van der Waals surface area contributed by atoms with Gasteiger partial charge in [-0.1, -0.05) is 22.9 Å². The summed E-state index contributed by atoms with van der Waals surface area (Å²) in [5.41, 5.74) is 2.32. The number of carbonyl (C=O) groups is 2. The molecule has 7 heteroatoms. The topological polar surface area (TPSA) is 88.3 Å². The van der Waals surface area contributed by atoms with Gasteiger partial charge in [0.1, 0.15) is 0 Å². The van der Waals surface area contributed by atoms with Crippen LogP contribution in [0, 0.1) is 12.8 Å². The zero-order valence-electron chi connectivity index (χ0n) is 13.6. The van der Waals surface area contributed by atoms with E-state index in [1.54, 1.807) is 15.8 Å². The number of piperidine rings is 1. The minimum atomic E-state index is -0.777. The lowest BCUT2D eigenvalue weighted by Gasteiger charge is -2.30. The van der Waals surface area contributed by atoms with Crippen molar-refractivity contribution < 1.29 is 14.7 Å². The molecular weight excluding hydrogens is 308 g/mol. The number of nitrogens with zero attached hydrogens (tertiary/aromatic N) is 4. The summed E-state index contributed by atoms with van der Waals surface area (Å²) in [6.45, 7) is 3.14. The van der Waals surface area contributed by atoms with Gasteiger partial charge in [0, 0.05) is 19.5 Å². The Labute approximate surface area is 139 Å². The molecule has 1 N–H and O–H groups in total. The van der Waals surface area contributed by atoms with E-state index in [0.717, 1.165) is 11.3 Å². The predicted molar refractivity (Wildman–Crippen MR) is 87.0 cm³/mol. The normalized spacial score (nSPS) is 15.5. The van der Waals surface area contributed by atoms with Gasteiger partial charge in [-0.05, 0) is 37.8 Å². The number of carbonyl (C=O) groups excluding carboxylic acids is 1. The number of aromatic nitrogens is 3. The number of carboxylic acid groups (broad SMARTS) is 1. The summed E-state index contributed by atoms with van der Waals surface area (Å²) < 4.78 is 1.59. The summed E-state index contributed by atoms with van der Waals surface area (Å²) in [6, 6.07) is 7.81. The number of amides is 1. The third kappa shape index (κ3) is 3.61. The number of likely N-dealkylation sites (tertiary alicyclic amines) is 1. The summed E-state index contributed by atoms with van der Waals surface area (Å²) in [5.74, 6) is -0.780. The van der Waals surface area contributed by atoms with E-state index >= 15 is 0 Å². The predicted octanol–water partition coefficient (Wildman–Crippen LogP) is 1.90. The molecule has 1 fully saturated rings. The second kappa shape index (κ2) is 6.82. The Hall–Kier alpha value is -2.70. The molecule has 1 saturated heterocycles. The van der Waals surface area contributed by atoms with E-state index in [0.29, 0.717) is 31.6 Å². The summed E-state index contributed by atoms with van der Waals surface area (Å²) in [6.07, 6.45) is 3.23.